The molecule has 4 heteroatoms. The Hall–Kier alpha value is -0.770. The number of likely N-dealkylation sites (tertiary alicyclic amines) is 1. The second-order valence-electron chi connectivity index (χ2n) is 3.19. The summed E-state index contributed by atoms with van der Waals surface area (Å²) in [6.45, 7) is 2.79. The van der Waals surface area contributed by atoms with Crippen LogP contribution in [0.4, 0.5) is 4.79 Å². The molecule has 2 atom stereocenters. The Bertz CT molecular complexity index is 172. The highest BCUT2D eigenvalue weighted by atomic mass is 16.5. The van der Waals surface area contributed by atoms with Gasteiger partial charge in [-0.2, -0.15) is 0 Å². The number of rotatable bonds is 1. The van der Waals surface area contributed by atoms with Crippen molar-refractivity contribution in [2.24, 2.45) is 0 Å². The summed E-state index contributed by atoms with van der Waals surface area (Å²) in [7, 11) is 3.33. The third kappa shape index (κ3) is 1.69. The van der Waals surface area contributed by atoms with E-state index in [-0.39, 0.29) is 12.1 Å². The lowest BCUT2D eigenvalue weighted by atomic mass is 10.2. The van der Waals surface area contributed by atoms with Crippen LogP contribution in [0.1, 0.15) is 13.3 Å². The highest BCUT2D eigenvalue weighted by Crippen LogP contribution is 2.17. The minimum atomic E-state index is -0.222. The quantitative estimate of drug-likeness (QED) is 0.624. The molecule has 1 N–H and O–H groups in total. The lowest BCUT2D eigenvalue weighted by molar-refractivity contribution is 0.121. The molecule has 0 aliphatic carbocycles. The minimum Gasteiger partial charge on any atom is -0.453 e. The third-order valence-corrected chi connectivity index (χ3v) is 2.39. The summed E-state index contributed by atoms with van der Waals surface area (Å²) < 4.78 is 4.66. The predicted octanol–water partition coefficient (Wildman–Crippen LogP) is 0.435. The number of carbonyl (C=O) groups is 1. The first-order chi connectivity index (χ1) is 5.69. The number of nitrogens with one attached hydrogen (secondary N) is 1. The van der Waals surface area contributed by atoms with Crippen LogP contribution >= 0.6 is 0 Å². The summed E-state index contributed by atoms with van der Waals surface area (Å²) in [6, 6.07) is 0.703. The van der Waals surface area contributed by atoms with Crippen molar-refractivity contribution < 1.29 is 9.53 Å². The second-order valence-corrected chi connectivity index (χ2v) is 3.19. The molecule has 0 saturated carbocycles. The maximum Gasteiger partial charge on any atom is 0.409 e. The van der Waals surface area contributed by atoms with Crippen molar-refractivity contribution in [3.05, 3.63) is 0 Å². The van der Waals surface area contributed by atoms with Crippen LogP contribution in [0.2, 0.25) is 0 Å². The molecule has 70 valence electrons. The predicted molar refractivity (Wildman–Crippen MR) is 46.0 cm³/mol. The Balaban J connectivity index is 2.51. The molecule has 0 spiro atoms. The van der Waals surface area contributed by atoms with Gasteiger partial charge >= 0.3 is 6.09 Å². The van der Waals surface area contributed by atoms with E-state index in [9.17, 15) is 4.79 Å². The zero-order valence-electron chi connectivity index (χ0n) is 7.83. The zero-order valence-corrected chi connectivity index (χ0v) is 7.83. The van der Waals surface area contributed by atoms with Gasteiger partial charge in [-0.25, -0.2) is 4.79 Å². The lowest BCUT2D eigenvalue weighted by Gasteiger charge is -2.18. The first kappa shape index (κ1) is 9.32. The number of amides is 1. The van der Waals surface area contributed by atoms with Gasteiger partial charge in [-0.1, -0.05) is 0 Å². The first-order valence-corrected chi connectivity index (χ1v) is 4.21. The van der Waals surface area contributed by atoms with Gasteiger partial charge in [-0.3, -0.25) is 0 Å². The van der Waals surface area contributed by atoms with Crippen LogP contribution in [0.25, 0.3) is 0 Å². The molecular weight excluding hydrogens is 156 g/mol. The van der Waals surface area contributed by atoms with Crippen LogP contribution in [-0.4, -0.2) is 43.8 Å². The fraction of sp³-hybridized carbons (Fsp3) is 0.875. The number of nitrogens with zero attached hydrogens (tertiary/aromatic N) is 1. The maximum atomic E-state index is 11.2. The standard InChI is InChI=1S/C8H16N2O2/c1-6-4-7(9-2)5-10(6)8(11)12-3/h6-7,9H,4-5H2,1-3H3. The van der Waals surface area contributed by atoms with Crippen LogP contribution in [-0.2, 0) is 4.74 Å². The molecular formula is C8H16N2O2. The number of methoxy groups -OCH3 is 1. The average Bonchev–Trinajstić information content (AvgIpc) is 2.45. The molecule has 0 aromatic rings. The maximum absolute atomic E-state index is 11.2. The van der Waals surface area contributed by atoms with Gasteiger partial charge in [0.25, 0.3) is 0 Å². The Morgan fingerprint density at radius 2 is 2.33 bits per heavy atom. The number of hydrogen-bond acceptors (Lipinski definition) is 3. The highest BCUT2D eigenvalue weighted by Gasteiger charge is 2.31. The average molecular weight is 172 g/mol. The highest BCUT2D eigenvalue weighted by molar-refractivity contribution is 5.68. The monoisotopic (exact) mass is 172 g/mol. The van der Waals surface area contributed by atoms with E-state index in [4.69, 9.17) is 0 Å². The van der Waals surface area contributed by atoms with E-state index in [0.717, 1.165) is 13.0 Å². The van der Waals surface area contributed by atoms with Crippen molar-refractivity contribution in [3.63, 3.8) is 0 Å². The Kier molecular flexibility index (Phi) is 2.92. The van der Waals surface area contributed by atoms with Crippen molar-refractivity contribution >= 4 is 6.09 Å². The molecule has 1 saturated heterocycles. The smallest absolute Gasteiger partial charge is 0.409 e. The molecule has 0 bridgehead atoms. The summed E-state index contributed by atoms with van der Waals surface area (Å²) in [5.74, 6) is 0. The zero-order chi connectivity index (χ0) is 9.14. The molecule has 0 aromatic carbocycles. The van der Waals surface area contributed by atoms with Gasteiger partial charge in [-0.15, -0.1) is 0 Å². The van der Waals surface area contributed by atoms with Crippen LogP contribution in [0.3, 0.4) is 0 Å². The van der Waals surface area contributed by atoms with Gasteiger partial charge in [0, 0.05) is 18.6 Å². The molecule has 2 unspecified atom stereocenters. The normalized spacial score (nSPS) is 29.1. The molecule has 12 heavy (non-hydrogen) atoms. The molecule has 1 aliphatic rings. The Morgan fingerprint density at radius 1 is 1.67 bits per heavy atom. The largest absolute Gasteiger partial charge is 0.453 e. The van der Waals surface area contributed by atoms with E-state index in [0.29, 0.717) is 6.04 Å². The first-order valence-electron chi connectivity index (χ1n) is 4.21. The lowest BCUT2D eigenvalue weighted by Crippen LogP contribution is -2.35. The molecule has 1 fully saturated rings. The molecule has 0 radical (unpaired) electrons. The second kappa shape index (κ2) is 3.76. The van der Waals surface area contributed by atoms with E-state index in [1.54, 1.807) is 4.90 Å². The molecule has 1 heterocycles. The summed E-state index contributed by atoms with van der Waals surface area (Å²) in [5.41, 5.74) is 0. The summed E-state index contributed by atoms with van der Waals surface area (Å²) in [4.78, 5) is 12.9. The fourth-order valence-electron chi connectivity index (χ4n) is 1.61. The Morgan fingerprint density at radius 3 is 2.75 bits per heavy atom. The van der Waals surface area contributed by atoms with Crippen LogP contribution in [0.5, 0.6) is 0 Å². The molecule has 0 aromatic heterocycles. The number of hydrogen-bond donors (Lipinski definition) is 1. The molecule has 1 rings (SSSR count). The van der Waals surface area contributed by atoms with E-state index in [1.165, 1.54) is 7.11 Å². The van der Waals surface area contributed by atoms with Crippen LogP contribution < -0.4 is 5.32 Å². The van der Waals surface area contributed by atoms with E-state index in [1.807, 2.05) is 14.0 Å². The number of ether oxygens (including phenoxy) is 1. The number of likely N-dealkylation sites (N-methyl/N-ethyl adjacent to an activating group) is 1. The van der Waals surface area contributed by atoms with Gasteiger partial charge in [-0.05, 0) is 20.4 Å². The van der Waals surface area contributed by atoms with Crippen molar-refractivity contribution in [2.75, 3.05) is 20.7 Å². The van der Waals surface area contributed by atoms with Crippen molar-refractivity contribution in [2.45, 2.75) is 25.4 Å². The fourth-order valence-corrected chi connectivity index (χ4v) is 1.61. The summed E-state index contributed by atoms with van der Waals surface area (Å²) in [6.07, 6.45) is 0.784. The minimum absolute atomic E-state index is 0.222. The SMILES string of the molecule is CNC1CC(C)N(C(=O)OC)C1. The summed E-state index contributed by atoms with van der Waals surface area (Å²) >= 11 is 0. The van der Waals surface area contributed by atoms with Crippen molar-refractivity contribution in [3.8, 4) is 0 Å². The Labute approximate surface area is 72.9 Å². The molecule has 1 amide bonds. The molecule has 4 nitrogen and oxygen atoms in total. The van der Waals surface area contributed by atoms with Gasteiger partial charge in [0.05, 0.1) is 7.11 Å². The van der Waals surface area contributed by atoms with Gasteiger partial charge in [0.2, 0.25) is 0 Å². The summed E-state index contributed by atoms with van der Waals surface area (Å²) in [5, 5.41) is 3.15. The van der Waals surface area contributed by atoms with E-state index < -0.39 is 0 Å². The van der Waals surface area contributed by atoms with Gasteiger partial charge in [0.1, 0.15) is 0 Å². The van der Waals surface area contributed by atoms with Crippen LogP contribution in [0, 0.1) is 0 Å². The number of carbonyl (C=O) groups excluding carboxylic acids is 1. The molecule has 1 aliphatic heterocycles. The van der Waals surface area contributed by atoms with Crippen molar-refractivity contribution in [1.82, 2.24) is 10.2 Å². The van der Waals surface area contributed by atoms with Gasteiger partial charge < -0.3 is 15.0 Å². The van der Waals surface area contributed by atoms with E-state index >= 15 is 0 Å². The van der Waals surface area contributed by atoms with Crippen molar-refractivity contribution in [1.29, 1.82) is 0 Å². The van der Waals surface area contributed by atoms with E-state index in [2.05, 4.69) is 10.1 Å². The third-order valence-electron chi connectivity index (χ3n) is 2.39. The van der Waals surface area contributed by atoms with Gasteiger partial charge in [0.15, 0.2) is 0 Å². The van der Waals surface area contributed by atoms with Crippen LogP contribution in [0.15, 0.2) is 0 Å². The topological polar surface area (TPSA) is 41.6 Å².